The van der Waals surface area contributed by atoms with Gasteiger partial charge in [-0.3, -0.25) is 14.6 Å². The van der Waals surface area contributed by atoms with Gasteiger partial charge in [-0.15, -0.1) is 0 Å². The van der Waals surface area contributed by atoms with Gasteiger partial charge in [-0.05, 0) is 71.8 Å². The highest BCUT2D eigenvalue weighted by Crippen LogP contribution is 2.35. The number of halogens is 3. The van der Waals surface area contributed by atoms with Crippen molar-refractivity contribution in [1.82, 2.24) is 20.0 Å². The van der Waals surface area contributed by atoms with Crippen LogP contribution >= 0.6 is 0 Å². The number of benzene rings is 3. The zero-order valence-electron chi connectivity index (χ0n) is 24.8. The second kappa shape index (κ2) is 14.2. The minimum Gasteiger partial charge on any atom is -0.497 e. The second-order valence-electron chi connectivity index (χ2n) is 10.3. The summed E-state index contributed by atoms with van der Waals surface area (Å²) in [5.41, 5.74) is 1.31. The number of carbonyl (C=O) groups is 2. The van der Waals surface area contributed by atoms with E-state index in [1.165, 1.54) is 48.4 Å². The van der Waals surface area contributed by atoms with Gasteiger partial charge in [-0.1, -0.05) is 23.4 Å². The van der Waals surface area contributed by atoms with Gasteiger partial charge in [0.2, 0.25) is 11.7 Å². The van der Waals surface area contributed by atoms with E-state index in [0.717, 1.165) is 11.6 Å². The van der Waals surface area contributed by atoms with Crippen LogP contribution in [0.15, 0.2) is 95.8 Å². The molecule has 2 amide bonds. The lowest BCUT2D eigenvalue weighted by molar-refractivity contribution is -0.138. The summed E-state index contributed by atoms with van der Waals surface area (Å²) in [5.74, 6) is -0.506. The predicted molar refractivity (Wildman–Crippen MR) is 163 cm³/mol. The molecule has 11 nitrogen and oxygen atoms in total. The Balaban J connectivity index is 1.23. The molecule has 0 unspecified atom stereocenters. The summed E-state index contributed by atoms with van der Waals surface area (Å²) in [7, 11) is 1.25. The van der Waals surface area contributed by atoms with Gasteiger partial charge in [-0.25, -0.2) is 0 Å². The number of aliphatic hydroxyl groups excluding tert-OH is 1. The summed E-state index contributed by atoms with van der Waals surface area (Å²) in [6.07, 6.45) is -3.79. The smallest absolute Gasteiger partial charge is 0.416 e. The van der Waals surface area contributed by atoms with E-state index in [9.17, 15) is 33.0 Å². The number of aliphatic hydroxyl groups is 2. The van der Waals surface area contributed by atoms with Crippen molar-refractivity contribution in [3.05, 3.63) is 114 Å². The number of nitrogens with zero attached hydrogens (tertiary/aromatic N) is 4. The number of methoxy groups -OCH3 is 1. The first-order valence-electron chi connectivity index (χ1n) is 14.1. The first-order valence-corrected chi connectivity index (χ1v) is 14.1. The molecule has 14 heteroatoms. The minimum absolute atomic E-state index is 0.0149. The third-order valence-electron chi connectivity index (χ3n) is 7.00. The number of rotatable bonds is 11. The summed E-state index contributed by atoms with van der Waals surface area (Å²) >= 11 is 0. The summed E-state index contributed by atoms with van der Waals surface area (Å²) in [6, 6.07) is 19.5. The van der Waals surface area contributed by atoms with E-state index in [1.807, 2.05) is 0 Å². The molecule has 2 aromatic heterocycles. The van der Waals surface area contributed by atoms with Crippen molar-refractivity contribution in [3.8, 4) is 28.6 Å². The number of nitrogens with one attached hydrogen (secondary N) is 1. The average Bonchev–Trinajstić information content (AvgIpc) is 3.55. The van der Waals surface area contributed by atoms with Crippen LogP contribution in [0.1, 0.15) is 27.0 Å². The summed E-state index contributed by atoms with van der Waals surface area (Å²) in [4.78, 5) is 35.5. The summed E-state index contributed by atoms with van der Waals surface area (Å²) in [6.45, 7) is -0.355. The number of anilines is 1. The molecule has 0 radical (unpaired) electrons. The Morgan fingerprint density at radius 2 is 1.66 bits per heavy atom. The number of alkyl halides is 3. The average molecular weight is 648 g/mol. The van der Waals surface area contributed by atoms with Crippen LogP contribution in [0.5, 0.6) is 5.75 Å². The van der Waals surface area contributed by atoms with Crippen LogP contribution in [0, 0.1) is 0 Å². The lowest BCUT2D eigenvalue weighted by atomic mass is 10.0. The van der Waals surface area contributed by atoms with E-state index in [1.54, 1.807) is 48.8 Å². The van der Waals surface area contributed by atoms with Gasteiger partial charge in [-0.2, -0.15) is 18.2 Å². The first-order chi connectivity index (χ1) is 22.5. The summed E-state index contributed by atoms with van der Waals surface area (Å²) < 4.78 is 50.8. The Kier molecular flexibility index (Phi) is 9.92. The molecule has 0 saturated carbocycles. The fourth-order valence-corrected chi connectivity index (χ4v) is 4.71. The molecular formula is C33H28F3N5O6. The van der Waals surface area contributed by atoms with Crippen LogP contribution < -0.4 is 10.1 Å². The van der Waals surface area contributed by atoms with Crippen molar-refractivity contribution >= 4 is 17.5 Å². The van der Waals surface area contributed by atoms with Crippen LogP contribution in [-0.2, 0) is 23.9 Å². The van der Waals surface area contributed by atoms with Crippen molar-refractivity contribution in [2.24, 2.45) is 0 Å². The van der Waals surface area contributed by atoms with Crippen molar-refractivity contribution in [1.29, 1.82) is 0 Å². The lowest BCUT2D eigenvalue weighted by Crippen LogP contribution is -2.37. The van der Waals surface area contributed by atoms with E-state index in [2.05, 4.69) is 20.4 Å². The fraction of sp³-hybridized carbons (Fsp3) is 0.182. The number of amides is 2. The number of aromatic nitrogens is 3. The molecule has 0 aliphatic rings. The molecule has 3 aromatic carbocycles. The second-order valence-corrected chi connectivity index (χ2v) is 10.3. The SMILES string of the molecule is COc1ccc(CC(=O)Nc2ccc(C(=O)N(Cc3ccc(-c4nc(-c5ccncc5)no4)cc3)CC(O)O)cc2)c(C(F)(F)F)c1. The molecule has 47 heavy (non-hydrogen) atoms. The van der Waals surface area contributed by atoms with Gasteiger partial charge in [0, 0.05) is 41.3 Å². The topological polar surface area (TPSA) is 151 Å². The Hall–Kier alpha value is -5.60. The van der Waals surface area contributed by atoms with E-state index in [-0.39, 0.29) is 35.7 Å². The van der Waals surface area contributed by atoms with Crippen LogP contribution in [0.4, 0.5) is 18.9 Å². The molecule has 242 valence electrons. The molecule has 0 spiro atoms. The molecule has 2 heterocycles. The maximum atomic E-state index is 13.5. The molecule has 0 fully saturated rings. The molecule has 0 saturated heterocycles. The normalized spacial score (nSPS) is 11.4. The molecular weight excluding hydrogens is 619 g/mol. The number of pyridine rings is 1. The highest BCUT2D eigenvalue weighted by molar-refractivity contribution is 5.96. The maximum absolute atomic E-state index is 13.5. The zero-order valence-corrected chi connectivity index (χ0v) is 24.8. The lowest BCUT2D eigenvalue weighted by Gasteiger charge is -2.24. The Labute approximate surface area is 266 Å². The van der Waals surface area contributed by atoms with Crippen LogP contribution in [0.2, 0.25) is 0 Å². The minimum atomic E-state index is -4.68. The van der Waals surface area contributed by atoms with Crippen LogP contribution in [0.25, 0.3) is 22.8 Å². The molecule has 5 rings (SSSR count). The van der Waals surface area contributed by atoms with Crippen LogP contribution in [-0.4, -0.2) is 62.0 Å². The Morgan fingerprint density at radius 1 is 0.957 bits per heavy atom. The molecule has 5 aromatic rings. The van der Waals surface area contributed by atoms with Crippen LogP contribution in [0.3, 0.4) is 0 Å². The third-order valence-corrected chi connectivity index (χ3v) is 7.00. The van der Waals surface area contributed by atoms with E-state index < -0.39 is 36.3 Å². The van der Waals surface area contributed by atoms with E-state index >= 15 is 0 Å². The number of hydrogen-bond donors (Lipinski definition) is 3. The van der Waals surface area contributed by atoms with E-state index in [4.69, 9.17) is 9.26 Å². The first kappa shape index (κ1) is 32.8. The molecule has 0 bridgehead atoms. The third kappa shape index (κ3) is 8.36. The van der Waals surface area contributed by atoms with Gasteiger partial charge in [0.25, 0.3) is 11.8 Å². The highest BCUT2D eigenvalue weighted by Gasteiger charge is 2.34. The van der Waals surface area contributed by atoms with Crippen molar-refractivity contribution < 1.29 is 42.2 Å². The number of hydrogen-bond acceptors (Lipinski definition) is 9. The Bertz CT molecular complexity index is 1830. The number of ether oxygens (including phenoxy) is 1. The maximum Gasteiger partial charge on any atom is 0.416 e. The van der Waals surface area contributed by atoms with Crippen molar-refractivity contribution in [2.75, 3.05) is 19.0 Å². The monoisotopic (exact) mass is 647 g/mol. The summed E-state index contributed by atoms with van der Waals surface area (Å²) in [5, 5.41) is 25.8. The number of carbonyl (C=O) groups excluding carboxylic acids is 2. The van der Waals surface area contributed by atoms with Gasteiger partial charge < -0.3 is 29.7 Å². The van der Waals surface area contributed by atoms with E-state index in [0.29, 0.717) is 22.8 Å². The van der Waals surface area contributed by atoms with Crippen molar-refractivity contribution in [3.63, 3.8) is 0 Å². The zero-order chi connectivity index (χ0) is 33.6. The molecule has 0 aliphatic carbocycles. The quantitative estimate of drug-likeness (QED) is 0.169. The molecule has 0 atom stereocenters. The Morgan fingerprint density at radius 3 is 2.30 bits per heavy atom. The van der Waals surface area contributed by atoms with Gasteiger partial charge in [0.05, 0.1) is 25.6 Å². The molecule has 3 N–H and O–H groups in total. The largest absolute Gasteiger partial charge is 0.497 e. The van der Waals surface area contributed by atoms with Gasteiger partial charge in [0.15, 0.2) is 6.29 Å². The highest BCUT2D eigenvalue weighted by atomic mass is 19.4. The molecule has 0 aliphatic heterocycles. The van der Waals surface area contributed by atoms with Gasteiger partial charge >= 0.3 is 6.18 Å². The standard InChI is InChI=1S/C33H28F3N5O6/c1-46-26-11-8-24(27(17-26)33(34,35)36)16-28(42)38-25-9-6-23(7-10-25)32(45)41(19-29(43)44)18-20-2-4-22(5-3-20)31-39-30(40-47-31)21-12-14-37-15-13-21/h2-15,17,29,43-44H,16,18-19H2,1H3,(H,38,42). The van der Waals surface area contributed by atoms with Crippen molar-refractivity contribution in [2.45, 2.75) is 25.4 Å². The predicted octanol–water partition coefficient (Wildman–Crippen LogP) is 4.96. The fourth-order valence-electron chi connectivity index (χ4n) is 4.71. The van der Waals surface area contributed by atoms with Gasteiger partial charge in [0.1, 0.15) is 5.75 Å².